The Kier molecular flexibility index (Phi) is 22.2. The van der Waals surface area contributed by atoms with Gasteiger partial charge in [-0.1, -0.05) is 84.4 Å². The van der Waals surface area contributed by atoms with Crippen molar-refractivity contribution >= 4 is 35.6 Å². The van der Waals surface area contributed by atoms with Crippen molar-refractivity contribution in [2.75, 3.05) is 33.4 Å². The Morgan fingerprint density at radius 1 is 0.900 bits per heavy atom. The number of nitrogens with zero attached hydrogens (tertiary/aromatic N) is 4. The average molecular weight is 978 g/mol. The molecule has 4 rings (SSSR count). The molecule has 0 unspecified atom stereocenters. The fourth-order valence-electron chi connectivity index (χ4n) is 8.43. The summed E-state index contributed by atoms with van der Waals surface area (Å²) in [6.45, 7) is 9.08. The normalized spacial score (nSPS) is 16.9. The number of likely N-dealkylation sites (tertiary alicyclic amines) is 1. The summed E-state index contributed by atoms with van der Waals surface area (Å²) in [5, 5.41) is 52.6. The number of aromatic nitrogens is 3. The Bertz CT molecular complexity index is 2100. The number of urea groups is 1. The number of likely N-dealkylation sites (N-methyl/N-ethyl adjacent to an activating group) is 1. The van der Waals surface area contributed by atoms with Gasteiger partial charge < -0.3 is 61.2 Å². The van der Waals surface area contributed by atoms with Crippen molar-refractivity contribution in [2.45, 2.75) is 135 Å². The number of aliphatic hydroxyl groups excluding tert-OH is 4. The van der Waals surface area contributed by atoms with Crippen LogP contribution in [0.1, 0.15) is 90.6 Å². The first kappa shape index (κ1) is 56.6. The molecular formula is C50H75N9O11. The van der Waals surface area contributed by atoms with Crippen molar-refractivity contribution in [3.8, 4) is 0 Å². The van der Waals surface area contributed by atoms with Crippen LogP contribution in [0.4, 0.5) is 4.79 Å². The fourth-order valence-corrected chi connectivity index (χ4v) is 8.43. The molecule has 1 aliphatic heterocycles. The third-order valence-electron chi connectivity index (χ3n) is 13.1. The molecule has 8 atom stereocenters. The highest BCUT2D eigenvalue weighted by Crippen LogP contribution is 2.24. The number of benzene rings is 1. The van der Waals surface area contributed by atoms with Gasteiger partial charge in [-0.15, -0.1) is 0 Å². The van der Waals surface area contributed by atoms with Crippen molar-refractivity contribution < 1.29 is 53.9 Å². The number of rotatable bonds is 27. The van der Waals surface area contributed by atoms with Crippen LogP contribution in [0.5, 0.6) is 0 Å². The maximum atomic E-state index is 14.8. The van der Waals surface area contributed by atoms with Crippen LogP contribution >= 0.6 is 0 Å². The van der Waals surface area contributed by atoms with Gasteiger partial charge in [-0.2, -0.15) is 0 Å². The van der Waals surface area contributed by atoms with Crippen molar-refractivity contribution in [3.05, 3.63) is 84.2 Å². The number of esters is 1. The predicted molar refractivity (Wildman–Crippen MR) is 259 cm³/mol. The quantitative estimate of drug-likeness (QED) is 0.0492. The van der Waals surface area contributed by atoms with E-state index in [0.29, 0.717) is 36.2 Å². The lowest BCUT2D eigenvalue weighted by Gasteiger charge is -2.35. The predicted octanol–water partition coefficient (Wildman–Crippen LogP) is 1.62. The number of nitrogens with one attached hydrogen (secondary N) is 5. The molecule has 0 bridgehead atoms. The van der Waals surface area contributed by atoms with Crippen molar-refractivity contribution in [1.29, 1.82) is 0 Å². The first-order chi connectivity index (χ1) is 33.4. The van der Waals surface area contributed by atoms with Gasteiger partial charge in [-0.3, -0.25) is 24.2 Å². The molecule has 3 aromatic rings. The highest BCUT2D eigenvalue weighted by Gasteiger charge is 2.42. The largest absolute Gasteiger partial charge is 0.458 e. The first-order valence-corrected chi connectivity index (χ1v) is 24.2. The maximum Gasteiger partial charge on any atom is 0.329 e. The second kappa shape index (κ2) is 27.4. The van der Waals surface area contributed by atoms with E-state index in [1.165, 1.54) is 29.4 Å². The molecule has 20 nitrogen and oxygen atoms in total. The third-order valence-corrected chi connectivity index (χ3v) is 13.1. The van der Waals surface area contributed by atoms with Gasteiger partial charge in [0.1, 0.15) is 36.3 Å². The number of hydrogen-bond donors (Lipinski definition) is 9. The highest BCUT2D eigenvalue weighted by molar-refractivity contribution is 5.94. The van der Waals surface area contributed by atoms with Gasteiger partial charge in [0.25, 0.3) is 0 Å². The van der Waals surface area contributed by atoms with Gasteiger partial charge in [-0.05, 0) is 61.1 Å². The van der Waals surface area contributed by atoms with E-state index in [1.807, 2.05) is 41.5 Å². The maximum absolute atomic E-state index is 14.8. The van der Waals surface area contributed by atoms with E-state index in [-0.39, 0.29) is 56.6 Å². The average Bonchev–Trinajstić information content (AvgIpc) is 4.08. The number of hydrogen-bond acceptors (Lipinski definition) is 13. The molecule has 1 aromatic carbocycles. The molecule has 1 saturated heterocycles. The summed E-state index contributed by atoms with van der Waals surface area (Å²) in [5.41, 5.74) is 0.0419. The smallest absolute Gasteiger partial charge is 0.329 e. The molecule has 0 aliphatic carbocycles. The molecule has 386 valence electrons. The summed E-state index contributed by atoms with van der Waals surface area (Å²) in [6.07, 6.45) is 4.77. The molecule has 70 heavy (non-hydrogen) atoms. The molecule has 9 N–H and O–H groups in total. The summed E-state index contributed by atoms with van der Waals surface area (Å²) in [5.74, 6) is -4.33. The third kappa shape index (κ3) is 16.0. The number of amides is 6. The summed E-state index contributed by atoms with van der Waals surface area (Å²) >= 11 is 0. The molecule has 1 aliphatic rings. The van der Waals surface area contributed by atoms with Crippen LogP contribution in [0.3, 0.4) is 0 Å². The number of carbonyl (C=O) groups excluding carboxylic acids is 6. The van der Waals surface area contributed by atoms with Crippen LogP contribution in [-0.4, -0.2) is 156 Å². The van der Waals surface area contributed by atoms with Crippen LogP contribution in [-0.2, 0) is 48.2 Å². The number of ether oxygens (including phenoxy) is 1. The van der Waals surface area contributed by atoms with Gasteiger partial charge in [0, 0.05) is 50.4 Å². The Morgan fingerprint density at radius 3 is 2.17 bits per heavy atom. The zero-order valence-corrected chi connectivity index (χ0v) is 41.5. The fraction of sp³-hybridized carbons (Fsp3) is 0.600. The number of aromatic amines is 1. The Balaban J connectivity index is 1.57. The number of pyridine rings is 1. The van der Waals surface area contributed by atoms with Crippen LogP contribution in [0.2, 0.25) is 0 Å². The van der Waals surface area contributed by atoms with Gasteiger partial charge in [0.05, 0.1) is 44.0 Å². The molecule has 1 fully saturated rings. The molecule has 0 saturated carbocycles. The molecule has 0 spiro atoms. The molecule has 6 amide bonds. The van der Waals surface area contributed by atoms with Crippen LogP contribution in [0.25, 0.3) is 0 Å². The lowest BCUT2D eigenvalue weighted by Crippen LogP contribution is -2.62. The Hall–Kier alpha value is -5.96. The lowest BCUT2D eigenvalue weighted by atomic mass is 9.85. The Labute approximate surface area is 410 Å². The zero-order valence-electron chi connectivity index (χ0n) is 41.5. The van der Waals surface area contributed by atoms with Crippen LogP contribution < -0.4 is 21.3 Å². The van der Waals surface area contributed by atoms with Gasteiger partial charge in [-0.25, -0.2) is 14.6 Å². The molecule has 2 aromatic heterocycles. The molecule has 3 heterocycles. The van der Waals surface area contributed by atoms with E-state index in [2.05, 4.69) is 36.2 Å². The van der Waals surface area contributed by atoms with Gasteiger partial charge in [0.2, 0.25) is 23.6 Å². The van der Waals surface area contributed by atoms with Gasteiger partial charge in [0.15, 0.2) is 0 Å². The summed E-state index contributed by atoms with van der Waals surface area (Å²) < 4.78 is 5.58. The summed E-state index contributed by atoms with van der Waals surface area (Å²) in [7, 11) is 1.45. The Morgan fingerprint density at radius 2 is 1.59 bits per heavy atom. The highest BCUT2D eigenvalue weighted by atomic mass is 16.5. The summed E-state index contributed by atoms with van der Waals surface area (Å²) in [4.78, 5) is 98.3. The minimum absolute atomic E-state index is 0.0168. The SMILES string of the molecule is CC[C@H](C)[C@H](NC(=O)[C@H](C[C@H](O)[C@H](CC(C)C)NC(=O)[C@H](Cc1cnc[nH]1)N(C)C(=O)[C@H](Cc1ccccc1)NC(=O)[C@@H]1CCCN1C(=O)NC(CO)(CO)CO)C(C)C)C(=O)OCc1ccccn1. The van der Waals surface area contributed by atoms with Crippen LogP contribution in [0.15, 0.2) is 67.3 Å². The van der Waals surface area contributed by atoms with Gasteiger partial charge >= 0.3 is 12.0 Å². The van der Waals surface area contributed by atoms with Crippen molar-refractivity contribution in [3.63, 3.8) is 0 Å². The lowest BCUT2D eigenvalue weighted by molar-refractivity contribution is -0.151. The number of aliphatic hydroxyl groups is 4. The standard InChI is InChI=1S/C50H75N9O11/c1-8-33(6)43(48(68)70-26-35-17-12-13-19-52-35)56-44(64)37(32(4)5)24-42(63)38(21-31(2)3)54-46(66)41(23-36-25-51-30-53-36)58(7)47(67)39(22-34-15-10-9-11-16-34)55-45(65)40-18-14-20-59(40)49(69)57-50(27-60,28-61)29-62/h9-13,15-17,19,25,30-33,37-43,60-63H,8,14,18,20-24,26-29H2,1-7H3,(H,51,53)(H,54,66)(H,55,65)(H,56,64)(H,57,69)/t33-,37+,38-,39-,40-,41-,42-,43-/m0/s1. The van der Waals surface area contributed by atoms with E-state index in [4.69, 9.17) is 4.74 Å². The van der Waals surface area contributed by atoms with E-state index >= 15 is 0 Å². The van der Waals surface area contributed by atoms with Crippen LogP contribution in [0, 0.1) is 23.7 Å². The number of carbonyl (C=O) groups is 6. The minimum atomic E-state index is -1.73. The van der Waals surface area contributed by atoms with E-state index in [9.17, 15) is 49.2 Å². The minimum Gasteiger partial charge on any atom is -0.458 e. The van der Waals surface area contributed by atoms with Crippen molar-refractivity contribution in [2.24, 2.45) is 23.7 Å². The molecule has 0 radical (unpaired) electrons. The van der Waals surface area contributed by atoms with E-state index in [1.54, 1.807) is 54.7 Å². The summed E-state index contributed by atoms with van der Waals surface area (Å²) in [6, 6.07) is 8.08. The first-order valence-electron chi connectivity index (χ1n) is 24.2. The zero-order chi connectivity index (χ0) is 51.5. The number of imidazole rings is 1. The van der Waals surface area contributed by atoms with Crippen molar-refractivity contribution in [1.82, 2.24) is 46.0 Å². The molecular weight excluding hydrogens is 903 g/mol. The second-order valence-electron chi connectivity index (χ2n) is 19.2. The molecule has 20 heteroatoms. The van der Waals surface area contributed by atoms with E-state index < -0.39 is 103 Å². The second-order valence-corrected chi connectivity index (χ2v) is 19.2. The number of H-pyrrole nitrogens is 1. The topological polar surface area (TPSA) is 289 Å². The monoisotopic (exact) mass is 978 g/mol. The van der Waals surface area contributed by atoms with E-state index in [0.717, 1.165) is 0 Å².